The highest BCUT2D eigenvalue weighted by atomic mass is 32.2. The Labute approximate surface area is 158 Å². The van der Waals surface area contributed by atoms with Gasteiger partial charge in [0.25, 0.3) is 0 Å². The molecule has 0 spiro atoms. The fraction of sp³-hybridized carbons (Fsp3) is 0.500. The summed E-state index contributed by atoms with van der Waals surface area (Å²) in [5.41, 5.74) is 3.38. The van der Waals surface area contributed by atoms with E-state index in [-0.39, 0.29) is 17.2 Å². The first-order valence-corrected chi connectivity index (χ1v) is 10.6. The zero-order valence-electron chi connectivity index (χ0n) is 15.3. The number of ether oxygens (including phenoxy) is 1. The molecule has 0 aliphatic carbocycles. The van der Waals surface area contributed by atoms with Crippen LogP contribution in [0.15, 0.2) is 24.4 Å². The number of hydrogen-bond acceptors (Lipinski definition) is 4. The van der Waals surface area contributed by atoms with Crippen LogP contribution < -0.4 is 4.74 Å². The maximum Gasteiger partial charge on any atom is 0.236 e. The van der Waals surface area contributed by atoms with Crippen LogP contribution >= 0.6 is 11.8 Å². The molecule has 0 radical (unpaired) electrons. The maximum absolute atomic E-state index is 12.8. The number of carbonyl (C=O) groups excluding carboxylic acids is 1. The summed E-state index contributed by atoms with van der Waals surface area (Å²) in [4.78, 5) is 22.9. The van der Waals surface area contributed by atoms with Gasteiger partial charge in [-0.15, -0.1) is 0 Å². The number of fused-ring (bicyclic) bond motifs is 1. The number of imidazole rings is 1. The van der Waals surface area contributed by atoms with Gasteiger partial charge in [0.15, 0.2) is 0 Å². The van der Waals surface area contributed by atoms with Crippen molar-refractivity contribution < 1.29 is 9.53 Å². The average molecular weight is 372 g/mol. The number of aromatic nitrogens is 2. The first-order valence-electron chi connectivity index (χ1n) is 9.31. The minimum absolute atomic E-state index is 0.0123. The summed E-state index contributed by atoms with van der Waals surface area (Å²) in [7, 11) is 0. The van der Waals surface area contributed by atoms with Crippen molar-refractivity contribution in [3.63, 3.8) is 0 Å². The van der Waals surface area contributed by atoms with Crippen LogP contribution in [0.5, 0.6) is 5.75 Å². The zero-order chi connectivity index (χ0) is 18.1. The Morgan fingerprint density at radius 1 is 1.42 bits per heavy atom. The fourth-order valence-corrected chi connectivity index (χ4v) is 4.16. The Hall–Kier alpha value is -1.95. The van der Waals surface area contributed by atoms with Crippen molar-refractivity contribution in [2.24, 2.45) is 0 Å². The Balaban J connectivity index is 1.59. The number of nitrogens with one attached hydrogen (secondary N) is 1. The molecule has 1 amide bonds. The van der Waals surface area contributed by atoms with Crippen LogP contribution in [0.4, 0.5) is 0 Å². The molecule has 2 unspecified atom stereocenters. The molecule has 1 N–H and O–H groups in total. The molecule has 4 rings (SSSR count). The van der Waals surface area contributed by atoms with Gasteiger partial charge in [0.05, 0.1) is 29.8 Å². The van der Waals surface area contributed by atoms with Crippen molar-refractivity contribution in [3.8, 4) is 17.0 Å². The molecule has 2 aromatic rings. The second-order valence-electron chi connectivity index (χ2n) is 7.02. The molecule has 1 aromatic heterocycles. The van der Waals surface area contributed by atoms with Crippen LogP contribution in [0.2, 0.25) is 0 Å². The molecule has 2 atom stereocenters. The third-order valence-corrected chi connectivity index (χ3v) is 6.31. The van der Waals surface area contributed by atoms with Crippen LogP contribution in [0.3, 0.4) is 0 Å². The van der Waals surface area contributed by atoms with Crippen molar-refractivity contribution >= 4 is 17.7 Å². The summed E-state index contributed by atoms with van der Waals surface area (Å²) in [6, 6.07) is 6.34. The van der Waals surface area contributed by atoms with E-state index in [9.17, 15) is 4.79 Å². The van der Waals surface area contributed by atoms with Gasteiger partial charge in [0, 0.05) is 18.5 Å². The third kappa shape index (κ3) is 3.22. The fourth-order valence-electron chi connectivity index (χ4n) is 3.82. The van der Waals surface area contributed by atoms with Gasteiger partial charge in [-0.1, -0.05) is 0 Å². The predicted octanol–water partition coefficient (Wildman–Crippen LogP) is 3.82. The molecule has 138 valence electrons. The number of carbonyl (C=O) groups is 1. The summed E-state index contributed by atoms with van der Waals surface area (Å²) in [5, 5.41) is -0.0123. The highest BCUT2D eigenvalue weighted by Crippen LogP contribution is 2.33. The van der Waals surface area contributed by atoms with Gasteiger partial charge < -0.3 is 14.6 Å². The van der Waals surface area contributed by atoms with Crippen molar-refractivity contribution in [1.29, 1.82) is 0 Å². The molecular formula is C20H25N3O2S. The van der Waals surface area contributed by atoms with E-state index in [1.165, 1.54) is 5.56 Å². The quantitative estimate of drug-likeness (QED) is 0.888. The number of thioether (sulfide) groups is 1. The number of piperidine rings is 1. The van der Waals surface area contributed by atoms with E-state index in [2.05, 4.69) is 22.1 Å². The molecule has 26 heavy (non-hydrogen) atoms. The Bertz CT molecular complexity index is 804. The van der Waals surface area contributed by atoms with Crippen molar-refractivity contribution in [3.05, 3.63) is 35.8 Å². The van der Waals surface area contributed by atoms with Gasteiger partial charge >= 0.3 is 0 Å². The molecule has 0 bridgehead atoms. The van der Waals surface area contributed by atoms with Crippen LogP contribution in [0.1, 0.15) is 43.6 Å². The number of rotatable bonds is 4. The Morgan fingerprint density at radius 3 is 3.15 bits per heavy atom. The number of hydrogen-bond donors (Lipinski definition) is 1. The average Bonchev–Trinajstić information content (AvgIpc) is 3.35. The number of H-pyrrole nitrogens is 1. The van der Waals surface area contributed by atoms with E-state index >= 15 is 0 Å². The molecule has 1 saturated heterocycles. The van der Waals surface area contributed by atoms with Crippen molar-refractivity contribution in [2.75, 3.05) is 19.4 Å². The van der Waals surface area contributed by atoms with Crippen molar-refractivity contribution in [2.45, 2.75) is 43.9 Å². The minimum Gasteiger partial charge on any atom is -0.493 e. The van der Waals surface area contributed by atoms with Crippen LogP contribution in [0.25, 0.3) is 11.3 Å². The molecule has 2 aliphatic rings. The first-order chi connectivity index (χ1) is 12.7. The zero-order valence-corrected chi connectivity index (χ0v) is 16.1. The van der Waals surface area contributed by atoms with Gasteiger partial charge in [-0.2, -0.15) is 11.8 Å². The second kappa shape index (κ2) is 7.35. The molecule has 2 aliphatic heterocycles. The van der Waals surface area contributed by atoms with E-state index in [1.54, 1.807) is 11.8 Å². The lowest BCUT2D eigenvalue weighted by Gasteiger charge is -2.36. The van der Waals surface area contributed by atoms with Crippen molar-refractivity contribution in [1.82, 2.24) is 14.9 Å². The second-order valence-corrected chi connectivity index (χ2v) is 8.20. The monoisotopic (exact) mass is 371 g/mol. The lowest BCUT2D eigenvalue weighted by Crippen LogP contribution is -2.42. The summed E-state index contributed by atoms with van der Waals surface area (Å²) >= 11 is 1.60. The Kier molecular flexibility index (Phi) is 4.94. The summed E-state index contributed by atoms with van der Waals surface area (Å²) < 4.78 is 5.59. The largest absolute Gasteiger partial charge is 0.493 e. The molecule has 5 nitrogen and oxygen atoms in total. The lowest BCUT2D eigenvalue weighted by molar-refractivity contribution is -0.134. The third-order valence-electron chi connectivity index (χ3n) is 5.40. The summed E-state index contributed by atoms with van der Waals surface area (Å²) in [6.45, 7) is 3.57. The van der Waals surface area contributed by atoms with Gasteiger partial charge in [-0.3, -0.25) is 4.79 Å². The molecule has 0 saturated carbocycles. The predicted molar refractivity (Wildman–Crippen MR) is 105 cm³/mol. The van der Waals surface area contributed by atoms with E-state index in [1.807, 2.05) is 30.3 Å². The van der Waals surface area contributed by atoms with E-state index in [4.69, 9.17) is 4.74 Å². The normalized spacial score (nSPS) is 20.5. The van der Waals surface area contributed by atoms with Gasteiger partial charge in [-0.05, 0) is 56.2 Å². The van der Waals surface area contributed by atoms with Crippen LogP contribution in [-0.2, 0) is 11.2 Å². The smallest absolute Gasteiger partial charge is 0.236 e. The number of benzene rings is 1. The van der Waals surface area contributed by atoms with Gasteiger partial charge in [0.2, 0.25) is 5.91 Å². The minimum atomic E-state index is -0.0123. The molecule has 6 heteroatoms. The summed E-state index contributed by atoms with van der Waals surface area (Å²) in [6.07, 6.45) is 8.02. The number of likely N-dealkylation sites (tertiary alicyclic amines) is 1. The highest BCUT2D eigenvalue weighted by Gasteiger charge is 2.32. The highest BCUT2D eigenvalue weighted by molar-refractivity contribution is 7.99. The number of aromatic amines is 1. The van der Waals surface area contributed by atoms with Gasteiger partial charge in [-0.25, -0.2) is 4.98 Å². The molecular weight excluding hydrogens is 346 g/mol. The molecule has 1 fully saturated rings. The standard InChI is InChI=1S/C20H25N3O2S/c1-13(26-2)20(24)23-9-4-3-5-17(23)19-21-12-16(22-19)14-6-7-18-15(11-14)8-10-25-18/h6-7,11-13,17H,3-5,8-10H2,1-2H3,(H,21,22). The lowest BCUT2D eigenvalue weighted by atomic mass is 10.0. The number of amides is 1. The van der Waals surface area contributed by atoms with Gasteiger partial charge in [0.1, 0.15) is 11.6 Å². The van der Waals surface area contributed by atoms with E-state index in [0.29, 0.717) is 0 Å². The SMILES string of the molecule is CSC(C)C(=O)N1CCCCC1c1ncc(-c2ccc3c(c2)CCO3)[nH]1. The van der Waals surface area contributed by atoms with E-state index in [0.717, 1.165) is 61.7 Å². The van der Waals surface area contributed by atoms with Crippen LogP contribution in [0, 0.1) is 0 Å². The molecule has 3 heterocycles. The summed E-state index contributed by atoms with van der Waals surface area (Å²) in [5.74, 6) is 2.11. The number of nitrogens with zero attached hydrogens (tertiary/aromatic N) is 2. The topological polar surface area (TPSA) is 58.2 Å². The first kappa shape index (κ1) is 17.5. The van der Waals surface area contributed by atoms with E-state index < -0.39 is 0 Å². The maximum atomic E-state index is 12.8. The Morgan fingerprint density at radius 2 is 2.31 bits per heavy atom. The molecule has 1 aromatic carbocycles. The van der Waals surface area contributed by atoms with Crippen LogP contribution in [-0.4, -0.2) is 45.4 Å².